The Hall–Kier alpha value is -1.50. The van der Waals surface area contributed by atoms with Crippen LogP contribution in [0.2, 0.25) is 0 Å². The van der Waals surface area contributed by atoms with E-state index in [0.29, 0.717) is 0 Å². The number of rotatable bonds is 4. The van der Waals surface area contributed by atoms with Crippen molar-refractivity contribution >= 4 is 6.08 Å². The van der Waals surface area contributed by atoms with E-state index in [2.05, 4.69) is 37.8 Å². The van der Waals surface area contributed by atoms with E-state index in [4.69, 9.17) is 4.74 Å². The van der Waals surface area contributed by atoms with Crippen molar-refractivity contribution in [3.8, 4) is 0 Å². The molecular formula is C13H16O. The fourth-order valence-electron chi connectivity index (χ4n) is 1.12. The van der Waals surface area contributed by atoms with Gasteiger partial charge in [-0.2, -0.15) is 0 Å². The Balaban J connectivity index is 2.59. The van der Waals surface area contributed by atoms with Gasteiger partial charge in [0.05, 0.1) is 6.26 Å². The maximum atomic E-state index is 5.16. The van der Waals surface area contributed by atoms with Gasteiger partial charge in [0.15, 0.2) is 0 Å². The highest BCUT2D eigenvalue weighted by molar-refractivity contribution is 5.50. The summed E-state index contributed by atoms with van der Waals surface area (Å²) in [5.74, 6) is 0. The highest BCUT2D eigenvalue weighted by Gasteiger charge is 1.92. The fraction of sp³-hybridized carbons (Fsp3) is 0.231. The minimum absolute atomic E-state index is 0.0776. The Morgan fingerprint density at radius 2 is 1.93 bits per heavy atom. The zero-order chi connectivity index (χ0) is 10.4. The highest BCUT2D eigenvalue weighted by atomic mass is 16.5. The number of ether oxygens (including phenoxy) is 1. The van der Waals surface area contributed by atoms with Gasteiger partial charge in [0.1, 0.15) is 6.10 Å². The van der Waals surface area contributed by atoms with E-state index in [9.17, 15) is 0 Å². The minimum atomic E-state index is 0.0776. The predicted molar refractivity (Wildman–Crippen MR) is 61.0 cm³/mol. The molecule has 1 unspecified atom stereocenters. The van der Waals surface area contributed by atoms with Crippen molar-refractivity contribution < 1.29 is 4.74 Å². The number of benzene rings is 1. The van der Waals surface area contributed by atoms with Gasteiger partial charge < -0.3 is 4.74 Å². The minimum Gasteiger partial charge on any atom is -0.495 e. The van der Waals surface area contributed by atoms with Crippen molar-refractivity contribution in [2.45, 2.75) is 20.0 Å². The van der Waals surface area contributed by atoms with Gasteiger partial charge in [0, 0.05) is 0 Å². The lowest BCUT2D eigenvalue weighted by Gasteiger charge is -2.04. The smallest absolute Gasteiger partial charge is 0.113 e. The fourth-order valence-corrected chi connectivity index (χ4v) is 1.12. The zero-order valence-corrected chi connectivity index (χ0v) is 8.73. The molecule has 1 rings (SSSR count). The molecule has 0 amide bonds. The molecule has 14 heavy (non-hydrogen) atoms. The first-order chi connectivity index (χ1) is 6.72. The third kappa shape index (κ3) is 3.48. The molecule has 0 fully saturated rings. The summed E-state index contributed by atoms with van der Waals surface area (Å²) in [5, 5.41) is 0. The van der Waals surface area contributed by atoms with Gasteiger partial charge >= 0.3 is 0 Å². The topological polar surface area (TPSA) is 9.23 Å². The van der Waals surface area contributed by atoms with Crippen LogP contribution in [0, 0.1) is 6.92 Å². The first kappa shape index (κ1) is 10.6. The summed E-state index contributed by atoms with van der Waals surface area (Å²) in [4.78, 5) is 0. The summed E-state index contributed by atoms with van der Waals surface area (Å²) < 4.78 is 5.16. The van der Waals surface area contributed by atoms with Crippen molar-refractivity contribution in [2.75, 3.05) is 0 Å². The summed E-state index contributed by atoms with van der Waals surface area (Å²) in [6, 6.07) is 8.37. The summed E-state index contributed by atoms with van der Waals surface area (Å²) in [5.41, 5.74) is 2.47. The molecule has 74 valence electrons. The zero-order valence-electron chi connectivity index (χ0n) is 8.73. The van der Waals surface area contributed by atoms with Gasteiger partial charge in [-0.1, -0.05) is 42.5 Å². The van der Waals surface area contributed by atoms with Gasteiger partial charge in [0.2, 0.25) is 0 Å². The van der Waals surface area contributed by atoms with Gasteiger partial charge in [-0.25, -0.2) is 0 Å². The second-order valence-corrected chi connectivity index (χ2v) is 3.28. The average Bonchev–Trinajstić information content (AvgIpc) is 2.17. The molecule has 0 aromatic heterocycles. The van der Waals surface area contributed by atoms with Gasteiger partial charge in [-0.3, -0.25) is 0 Å². The number of hydrogen-bond acceptors (Lipinski definition) is 1. The van der Waals surface area contributed by atoms with E-state index < -0.39 is 0 Å². The third-order valence-corrected chi connectivity index (χ3v) is 1.95. The first-order valence-corrected chi connectivity index (χ1v) is 4.73. The van der Waals surface area contributed by atoms with Crippen LogP contribution in [0.5, 0.6) is 0 Å². The Morgan fingerprint density at radius 1 is 1.29 bits per heavy atom. The molecule has 1 heteroatoms. The van der Waals surface area contributed by atoms with E-state index in [0.717, 1.165) is 0 Å². The molecule has 0 radical (unpaired) electrons. The van der Waals surface area contributed by atoms with Crippen LogP contribution in [-0.4, -0.2) is 6.10 Å². The van der Waals surface area contributed by atoms with E-state index in [1.165, 1.54) is 17.4 Å². The molecule has 0 bridgehead atoms. The van der Waals surface area contributed by atoms with Crippen LogP contribution in [0.1, 0.15) is 18.1 Å². The molecular weight excluding hydrogens is 172 g/mol. The maximum absolute atomic E-state index is 5.16. The molecule has 1 aromatic carbocycles. The quantitative estimate of drug-likeness (QED) is 0.656. The van der Waals surface area contributed by atoms with Crippen molar-refractivity contribution in [3.63, 3.8) is 0 Å². The first-order valence-electron chi connectivity index (χ1n) is 4.73. The van der Waals surface area contributed by atoms with E-state index in [1.54, 1.807) is 0 Å². The summed E-state index contributed by atoms with van der Waals surface area (Å²) in [6.07, 6.45) is 5.60. The van der Waals surface area contributed by atoms with Crippen molar-refractivity contribution in [2.24, 2.45) is 0 Å². The summed E-state index contributed by atoms with van der Waals surface area (Å²) in [6.45, 7) is 7.57. The van der Waals surface area contributed by atoms with Crippen molar-refractivity contribution in [3.05, 3.63) is 54.3 Å². The maximum Gasteiger partial charge on any atom is 0.113 e. The molecule has 0 aliphatic rings. The largest absolute Gasteiger partial charge is 0.495 e. The number of aryl methyl sites for hydroxylation is 1. The molecule has 0 saturated heterocycles. The van der Waals surface area contributed by atoms with Gasteiger partial charge in [0.25, 0.3) is 0 Å². The van der Waals surface area contributed by atoms with Crippen LogP contribution in [0.4, 0.5) is 0 Å². The van der Waals surface area contributed by atoms with Crippen LogP contribution in [0.25, 0.3) is 6.08 Å². The van der Waals surface area contributed by atoms with Gasteiger partial charge in [-0.15, -0.1) is 0 Å². The predicted octanol–water partition coefficient (Wildman–Crippen LogP) is 3.56. The molecule has 1 nitrogen and oxygen atoms in total. The van der Waals surface area contributed by atoms with Crippen LogP contribution >= 0.6 is 0 Å². The summed E-state index contributed by atoms with van der Waals surface area (Å²) in [7, 11) is 0. The Morgan fingerprint density at radius 3 is 2.50 bits per heavy atom. The monoisotopic (exact) mass is 188 g/mol. The molecule has 0 aliphatic carbocycles. The van der Waals surface area contributed by atoms with E-state index in [-0.39, 0.29) is 6.10 Å². The highest BCUT2D eigenvalue weighted by Crippen LogP contribution is 2.06. The molecule has 1 aromatic rings. The average molecular weight is 188 g/mol. The SMILES string of the molecule is C=COC(C)/C=C/c1ccc(C)cc1. The molecule has 0 spiro atoms. The molecule has 1 atom stereocenters. The normalized spacial score (nSPS) is 12.7. The summed E-state index contributed by atoms with van der Waals surface area (Å²) >= 11 is 0. The third-order valence-electron chi connectivity index (χ3n) is 1.95. The Kier molecular flexibility index (Phi) is 3.99. The lowest BCUT2D eigenvalue weighted by Crippen LogP contribution is -1.97. The Labute approximate surface area is 85.7 Å². The van der Waals surface area contributed by atoms with Crippen LogP contribution in [0.3, 0.4) is 0 Å². The standard InChI is InChI=1S/C13H16O/c1-4-14-12(3)7-10-13-8-5-11(2)6-9-13/h4-10,12H,1H2,2-3H3/b10-7+. The second kappa shape index (κ2) is 5.28. The van der Waals surface area contributed by atoms with E-state index >= 15 is 0 Å². The van der Waals surface area contributed by atoms with E-state index in [1.807, 2.05) is 19.1 Å². The van der Waals surface area contributed by atoms with Crippen LogP contribution in [-0.2, 0) is 4.74 Å². The Bertz CT molecular complexity index is 309. The van der Waals surface area contributed by atoms with Crippen molar-refractivity contribution in [1.82, 2.24) is 0 Å². The van der Waals surface area contributed by atoms with Crippen LogP contribution in [0.15, 0.2) is 43.2 Å². The number of hydrogen-bond donors (Lipinski definition) is 0. The molecule has 0 saturated carbocycles. The molecule has 0 N–H and O–H groups in total. The lowest BCUT2D eigenvalue weighted by atomic mass is 10.1. The lowest BCUT2D eigenvalue weighted by molar-refractivity contribution is 0.206. The molecule has 0 heterocycles. The molecule has 0 aliphatic heterocycles. The van der Waals surface area contributed by atoms with Gasteiger partial charge in [-0.05, 0) is 25.5 Å². The second-order valence-electron chi connectivity index (χ2n) is 3.28. The van der Waals surface area contributed by atoms with Crippen LogP contribution < -0.4 is 0 Å². The van der Waals surface area contributed by atoms with Crippen molar-refractivity contribution in [1.29, 1.82) is 0 Å².